The highest BCUT2D eigenvalue weighted by Crippen LogP contribution is 2.14. The zero-order chi connectivity index (χ0) is 12.5. The van der Waals surface area contributed by atoms with Crippen LogP contribution in [0.4, 0.5) is 0 Å². The van der Waals surface area contributed by atoms with Crippen LogP contribution in [0.2, 0.25) is 0 Å². The van der Waals surface area contributed by atoms with Gasteiger partial charge in [0.25, 0.3) is 0 Å². The molecule has 1 aromatic heterocycles. The van der Waals surface area contributed by atoms with Crippen LogP contribution in [0.3, 0.4) is 0 Å². The van der Waals surface area contributed by atoms with Crippen molar-refractivity contribution >= 4 is 0 Å². The van der Waals surface area contributed by atoms with Crippen LogP contribution < -0.4 is 5.32 Å². The lowest BCUT2D eigenvalue weighted by molar-refractivity contribution is 0.283. The molecule has 0 saturated carbocycles. The Labute approximate surface area is 104 Å². The smallest absolute Gasteiger partial charge is 0.0762 e. The SMILES string of the molecule is CCC(CC)n1ccc(CNCCCCO)n1. The number of rotatable bonds is 9. The van der Waals surface area contributed by atoms with E-state index in [9.17, 15) is 0 Å². The third-order valence-electron chi connectivity index (χ3n) is 3.05. The fourth-order valence-corrected chi connectivity index (χ4v) is 1.92. The van der Waals surface area contributed by atoms with E-state index < -0.39 is 0 Å². The molecule has 0 aliphatic heterocycles. The second kappa shape index (κ2) is 8.25. The van der Waals surface area contributed by atoms with E-state index in [-0.39, 0.29) is 6.61 Å². The Morgan fingerprint density at radius 3 is 2.76 bits per heavy atom. The van der Waals surface area contributed by atoms with E-state index in [2.05, 4.69) is 41.2 Å². The molecule has 2 N–H and O–H groups in total. The van der Waals surface area contributed by atoms with Crippen molar-refractivity contribution in [3.63, 3.8) is 0 Å². The lowest BCUT2D eigenvalue weighted by Crippen LogP contribution is -2.16. The Bertz CT molecular complexity index is 295. The van der Waals surface area contributed by atoms with Crippen LogP contribution in [0.1, 0.15) is 51.3 Å². The zero-order valence-electron chi connectivity index (χ0n) is 11.0. The highest BCUT2D eigenvalue weighted by Gasteiger charge is 2.07. The first-order valence-corrected chi connectivity index (χ1v) is 6.67. The number of aliphatic hydroxyl groups is 1. The largest absolute Gasteiger partial charge is 0.396 e. The van der Waals surface area contributed by atoms with Crippen LogP contribution >= 0.6 is 0 Å². The number of aliphatic hydroxyl groups excluding tert-OH is 1. The molecular formula is C13H25N3O. The minimum Gasteiger partial charge on any atom is -0.396 e. The summed E-state index contributed by atoms with van der Waals surface area (Å²) in [7, 11) is 0. The second-order valence-corrected chi connectivity index (χ2v) is 4.36. The summed E-state index contributed by atoms with van der Waals surface area (Å²) in [4.78, 5) is 0. The maximum absolute atomic E-state index is 8.66. The molecule has 1 aromatic rings. The third kappa shape index (κ3) is 4.88. The first kappa shape index (κ1) is 14.2. The van der Waals surface area contributed by atoms with Gasteiger partial charge in [0.1, 0.15) is 0 Å². The fourth-order valence-electron chi connectivity index (χ4n) is 1.92. The zero-order valence-corrected chi connectivity index (χ0v) is 11.0. The molecule has 0 aliphatic carbocycles. The minimum atomic E-state index is 0.283. The van der Waals surface area contributed by atoms with Gasteiger partial charge in [-0.05, 0) is 38.3 Å². The molecule has 0 amide bonds. The molecule has 1 heterocycles. The van der Waals surface area contributed by atoms with Gasteiger partial charge in [-0.3, -0.25) is 4.68 Å². The summed E-state index contributed by atoms with van der Waals surface area (Å²) in [6, 6.07) is 2.61. The van der Waals surface area contributed by atoms with Gasteiger partial charge < -0.3 is 10.4 Å². The molecule has 0 bridgehead atoms. The van der Waals surface area contributed by atoms with Gasteiger partial charge >= 0.3 is 0 Å². The van der Waals surface area contributed by atoms with Crippen molar-refractivity contribution in [1.29, 1.82) is 0 Å². The van der Waals surface area contributed by atoms with Crippen molar-refractivity contribution in [2.24, 2.45) is 0 Å². The van der Waals surface area contributed by atoms with Gasteiger partial charge in [-0.1, -0.05) is 13.8 Å². The Hall–Kier alpha value is -0.870. The van der Waals surface area contributed by atoms with Crippen LogP contribution in [0.5, 0.6) is 0 Å². The maximum Gasteiger partial charge on any atom is 0.0762 e. The quantitative estimate of drug-likeness (QED) is 0.649. The molecule has 0 aromatic carbocycles. The first-order chi connectivity index (χ1) is 8.31. The van der Waals surface area contributed by atoms with Crippen molar-refractivity contribution in [3.8, 4) is 0 Å². The molecule has 4 nitrogen and oxygen atoms in total. The van der Waals surface area contributed by atoms with Crippen molar-refractivity contribution in [2.75, 3.05) is 13.2 Å². The highest BCUT2D eigenvalue weighted by atomic mass is 16.2. The average Bonchev–Trinajstić information content (AvgIpc) is 2.79. The molecule has 17 heavy (non-hydrogen) atoms. The molecular weight excluding hydrogens is 214 g/mol. The van der Waals surface area contributed by atoms with Gasteiger partial charge in [0, 0.05) is 19.3 Å². The van der Waals surface area contributed by atoms with Gasteiger partial charge in [0.2, 0.25) is 0 Å². The van der Waals surface area contributed by atoms with Gasteiger partial charge in [-0.2, -0.15) is 5.10 Å². The van der Waals surface area contributed by atoms with Crippen molar-refractivity contribution < 1.29 is 5.11 Å². The van der Waals surface area contributed by atoms with E-state index in [1.54, 1.807) is 0 Å². The monoisotopic (exact) mass is 239 g/mol. The Morgan fingerprint density at radius 1 is 1.35 bits per heavy atom. The molecule has 0 radical (unpaired) electrons. The number of nitrogens with one attached hydrogen (secondary N) is 1. The first-order valence-electron chi connectivity index (χ1n) is 6.67. The average molecular weight is 239 g/mol. The summed E-state index contributed by atoms with van der Waals surface area (Å²) in [5.41, 5.74) is 1.10. The molecule has 0 aliphatic rings. The Morgan fingerprint density at radius 2 is 2.12 bits per heavy atom. The van der Waals surface area contributed by atoms with E-state index in [1.807, 2.05) is 0 Å². The summed E-state index contributed by atoms with van der Waals surface area (Å²) in [5.74, 6) is 0. The van der Waals surface area contributed by atoms with Crippen molar-refractivity contribution in [2.45, 2.75) is 52.1 Å². The van der Waals surface area contributed by atoms with E-state index in [0.29, 0.717) is 6.04 Å². The number of unbranched alkanes of at least 4 members (excludes halogenated alkanes) is 1. The van der Waals surface area contributed by atoms with Crippen LogP contribution in [-0.2, 0) is 6.54 Å². The normalized spacial score (nSPS) is 11.3. The molecule has 0 atom stereocenters. The Kier molecular flexibility index (Phi) is 6.89. The fraction of sp³-hybridized carbons (Fsp3) is 0.769. The van der Waals surface area contributed by atoms with Gasteiger partial charge in [-0.15, -0.1) is 0 Å². The molecule has 0 unspecified atom stereocenters. The van der Waals surface area contributed by atoms with Crippen LogP contribution in [0, 0.1) is 0 Å². The minimum absolute atomic E-state index is 0.283. The second-order valence-electron chi connectivity index (χ2n) is 4.36. The molecule has 1 rings (SSSR count). The van der Waals surface area contributed by atoms with Crippen molar-refractivity contribution in [1.82, 2.24) is 15.1 Å². The van der Waals surface area contributed by atoms with E-state index >= 15 is 0 Å². The standard InChI is InChI=1S/C13H25N3O/c1-3-13(4-2)16-9-7-12(15-16)11-14-8-5-6-10-17/h7,9,13-14,17H,3-6,8,10-11H2,1-2H3. The number of aromatic nitrogens is 2. The molecule has 0 saturated heterocycles. The summed E-state index contributed by atoms with van der Waals surface area (Å²) in [5, 5.41) is 16.6. The maximum atomic E-state index is 8.66. The van der Waals surface area contributed by atoms with Crippen LogP contribution in [-0.4, -0.2) is 28.0 Å². The van der Waals surface area contributed by atoms with Gasteiger partial charge in [-0.25, -0.2) is 0 Å². The Balaban J connectivity index is 2.30. The summed E-state index contributed by atoms with van der Waals surface area (Å²) >= 11 is 0. The molecule has 4 heteroatoms. The van der Waals surface area contributed by atoms with E-state index in [0.717, 1.165) is 44.5 Å². The lowest BCUT2D eigenvalue weighted by Gasteiger charge is -2.12. The predicted molar refractivity (Wildman–Crippen MR) is 69.9 cm³/mol. The van der Waals surface area contributed by atoms with E-state index in [4.69, 9.17) is 5.11 Å². The summed E-state index contributed by atoms with van der Waals surface area (Å²) in [6.45, 7) is 6.44. The number of nitrogens with zero attached hydrogens (tertiary/aromatic N) is 2. The van der Waals surface area contributed by atoms with Crippen LogP contribution in [0.25, 0.3) is 0 Å². The summed E-state index contributed by atoms with van der Waals surface area (Å²) in [6.07, 6.45) is 6.21. The third-order valence-corrected chi connectivity index (χ3v) is 3.05. The number of hydrogen-bond donors (Lipinski definition) is 2. The van der Waals surface area contributed by atoms with E-state index in [1.165, 1.54) is 0 Å². The number of hydrogen-bond acceptors (Lipinski definition) is 3. The lowest BCUT2D eigenvalue weighted by atomic mass is 10.2. The van der Waals surface area contributed by atoms with Gasteiger partial charge in [0.15, 0.2) is 0 Å². The van der Waals surface area contributed by atoms with Gasteiger partial charge in [0.05, 0.1) is 11.7 Å². The van der Waals surface area contributed by atoms with Crippen molar-refractivity contribution in [3.05, 3.63) is 18.0 Å². The summed E-state index contributed by atoms with van der Waals surface area (Å²) < 4.78 is 2.07. The highest BCUT2D eigenvalue weighted by molar-refractivity contribution is 4.99. The molecule has 98 valence electrons. The predicted octanol–water partition coefficient (Wildman–Crippen LogP) is 2.11. The molecule has 0 spiro atoms. The topological polar surface area (TPSA) is 50.1 Å². The molecule has 0 fully saturated rings. The van der Waals surface area contributed by atoms with Crippen LogP contribution in [0.15, 0.2) is 12.3 Å².